The molecule has 1 aliphatic heterocycles. The zero-order chi connectivity index (χ0) is 27.9. The number of fused-ring (bicyclic) bond motifs is 1. The van der Waals surface area contributed by atoms with Gasteiger partial charge in [0.05, 0.1) is 16.3 Å². The second kappa shape index (κ2) is 10.5. The summed E-state index contributed by atoms with van der Waals surface area (Å²) in [6.45, 7) is 2.44. The van der Waals surface area contributed by atoms with E-state index in [0.717, 1.165) is 23.5 Å². The van der Waals surface area contributed by atoms with E-state index >= 15 is 8.78 Å². The van der Waals surface area contributed by atoms with E-state index in [9.17, 15) is 18.3 Å². The smallest absolute Gasteiger partial charge is 0.371 e. The number of hydrogen-bond acceptors (Lipinski definition) is 7. The van der Waals surface area contributed by atoms with Crippen LogP contribution in [-0.4, -0.2) is 47.4 Å². The van der Waals surface area contributed by atoms with E-state index in [-0.39, 0.29) is 29.0 Å². The molecule has 0 bridgehead atoms. The number of halogens is 3. The molecule has 2 aromatic heterocycles. The van der Waals surface area contributed by atoms with Gasteiger partial charge >= 0.3 is 11.2 Å². The monoisotopic (exact) mass is 595 g/mol. The molecule has 206 valence electrons. The number of piperidine rings is 1. The second-order valence-electron chi connectivity index (χ2n) is 9.19. The number of hydrogen-bond donors (Lipinski definition) is 2. The lowest BCUT2D eigenvalue weighted by molar-refractivity contribution is 0.0695. The standard InChI is InChI=1S/C26H24ClF2N3O5S2/c1-15(18-4-2-3-5-19(18)27)37-22-13-23(38-24(22)25(33)34)32-14-31-20-7-6-16(12-21(20)32)26(28,29)39(35,36)17-8-10-30-11-9-17/h2-7,12-15,17,30H,8-11H2,1H3,(H,33,34)/t15-/m1/s1. The van der Waals surface area contributed by atoms with Crippen molar-refractivity contribution in [2.75, 3.05) is 13.1 Å². The Hall–Kier alpha value is -3.06. The third-order valence-corrected chi connectivity index (χ3v) is 10.5. The Labute approximate surface area is 232 Å². The van der Waals surface area contributed by atoms with Crippen molar-refractivity contribution in [2.45, 2.75) is 36.4 Å². The first-order valence-corrected chi connectivity index (χ1v) is 14.8. The molecule has 2 N–H and O–H groups in total. The topological polar surface area (TPSA) is 111 Å². The average molecular weight is 596 g/mol. The van der Waals surface area contributed by atoms with Crippen LogP contribution < -0.4 is 10.1 Å². The van der Waals surface area contributed by atoms with E-state index in [2.05, 4.69) is 10.3 Å². The van der Waals surface area contributed by atoms with Crippen molar-refractivity contribution >= 4 is 49.8 Å². The third-order valence-electron chi connectivity index (χ3n) is 6.73. The molecule has 0 amide bonds. The van der Waals surface area contributed by atoms with Crippen molar-refractivity contribution in [1.29, 1.82) is 0 Å². The lowest BCUT2D eigenvalue weighted by atomic mass is 10.1. The van der Waals surface area contributed by atoms with Gasteiger partial charge in [0.25, 0.3) is 0 Å². The predicted octanol–water partition coefficient (Wildman–Crippen LogP) is 5.79. The summed E-state index contributed by atoms with van der Waals surface area (Å²) in [5, 5.41) is 8.33. The molecule has 0 saturated carbocycles. The molecule has 1 aliphatic rings. The highest BCUT2D eigenvalue weighted by atomic mass is 35.5. The highest BCUT2D eigenvalue weighted by molar-refractivity contribution is 7.92. The van der Waals surface area contributed by atoms with E-state index < -0.39 is 38.0 Å². The summed E-state index contributed by atoms with van der Waals surface area (Å²) < 4.78 is 64.1. The normalized spacial score (nSPS) is 15.9. The van der Waals surface area contributed by atoms with Crippen LogP contribution in [0, 0.1) is 0 Å². The van der Waals surface area contributed by atoms with Crippen LogP contribution in [0.3, 0.4) is 0 Å². The van der Waals surface area contributed by atoms with Crippen LogP contribution in [0.2, 0.25) is 5.02 Å². The van der Waals surface area contributed by atoms with E-state index in [4.69, 9.17) is 16.3 Å². The molecule has 0 spiro atoms. The van der Waals surface area contributed by atoms with Gasteiger partial charge in [-0.15, -0.1) is 11.3 Å². The second-order valence-corrected chi connectivity index (χ2v) is 12.9. The van der Waals surface area contributed by atoms with Crippen LogP contribution in [0.5, 0.6) is 5.75 Å². The number of benzene rings is 2. The van der Waals surface area contributed by atoms with Crippen molar-refractivity contribution in [2.24, 2.45) is 0 Å². The summed E-state index contributed by atoms with van der Waals surface area (Å²) in [4.78, 5) is 16.1. The first-order chi connectivity index (χ1) is 18.5. The van der Waals surface area contributed by atoms with Gasteiger partial charge in [-0.25, -0.2) is 18.2 Å². The van der Waals surface area contributed by atoms with Gasteiger partial charge in [-0.1, -0.05) is 29.8 Å². The summed E-state index contributed by atoms with van der Waals surface area (Å²) in [7, 11) is -4.81. The van der Waals surface area contributed by atoms with Crippen LogP contribution in [0.1, 0.15) is 46.7 Å². The summed E-state index contributed by atoms with van der Waals surface area (Å²) in [6, 6.07) is 12.0. The number of thiophene rings is 1. The quantitative estimate of drug-likeness (QED) is 0.265. The number of nitrogens with one attached hydrogen (secondary N) is 1. The van der Waals surface area contributed by atoms with Gasteiger partial charge in [0.2, 0.25) is 9.84 Å². The molecular formula is C26H24ClF2N3O5S2. The van der Waals surface area contributed by atoms with Gasteiger partial charge in [0.1, 0.15) is 23.2 Å². The number of alkyl halides is 2. The summed E-state index contributed by atoms with van der Waals surface area (Å²) >= 11 is 7.14. The van der Waals surface area contributed by atoms with E-state index in [0.29, 0.717) is 34.2 Å². The summed E-state index contributed by atoms with van der Waals surface area (Å²) in [6.07, 6.45) is 1.01. The van der Waals surface area contributed by atoms with Crippen LogP contribution in [0.4, 0.5) is 8.78 Å². The Kier molecular flexibility index (Phi) is 7.40. The Morgan fingerprint density at radius 2 is 1.95 bits per heavy atom. The van der Waals surface area contributed by atoms with Gasteiger partial charge in [-0.3, -0.25) is 4.57 Å². The van der Waals surface area contributed by atoms with Crippen molar-refractivity contribution < 1.29 is 31.8 Å². The maximum Gasteiger partial charge on any atom is 0.371 e. The van der Waals surface area contributed by atoms with Crippen molar-refractivity contribution in [3.63, 3.8) is 0 Å². The van der Waals surface area contributed by atoms with Gasteiger partial charge < -0.3 is 15.2 Å². The lowest BCUT2D eigenvalue weighted by Gasteiger charge is -2.27. The number of sulfone groups is 1. The zero-order valence-corrected chi connectivity index (χ0v) is 23.0. The number of carbonyl (C=O) groups is 1. The number of aromatic carboxylic acids is 1. The van der Waals surface area contributed by atoms with Crippen molar-refractivity contribution in [3.8, 4) is 10.8 Å². The zero-order valence-electron chi connectivity index (χ0n) is 20.6. The van der Waals surface area contributed by atoms with Gasteiger partial charge in [0, 0.05) is 22.2 Å². The van der Waals surface area contributed by atoms with E-state index in [1.54, 1.807) is 31.2 Å². The molecule has 2 aromatic carbocycles. The van der Waals surface area contributed by atoms with Crippen LogP contribution in [-0.2, 0) is 15.1 Å². The van der Waals surface area contributed by atoms with Gasteiger partial charge in [-0.2, -0.15) is 8.78 Å². The molecule has 4 aromatic rings. The molecule has 13 heteroatoms. The molecular weight excluding hydrogens is 572 g/mol. The lowest BCUT2D eigenvalue weighted by Crippen LogP contribution is -2.42. The van der Waals surface area contributed by atoms with Gasteiger partial charge in [-0.05, 0) is 57.1 Å². The fourth-order valence-electron chi connectivity index (χ4n) is 4.62. The van der Waals surface area contributed by atoms with E-state index in [1.165, 1.54) is 23.0 Å². The Morgan fingerprint density at radius 1 is 1.23 bits per heavy atom. The molecule has 39 heavy (non-hydrogen) atoms. The number of carboxylic acids is 1. The molecule has 1 saturated heterocycles. The van der Waals surface area contributed by atoms with Crippen molar-refractivity contribution in [1.82, 2.24) is 14.9 Å². The first-order valence-electron chi connectivity index (χ1n) is 12.1. The van der Waals surface area contributed by atoms with Crippen LogP contribution in [0.25, 0.3) is 16.0 Å². The fraction of sp³-hybridized carbons (Fsp3) is 0.308. The van der Waals surface area contributed by atoms with E-state index in [1.807, 2.05) is 0 Å². The molecule has 5 rings (SSSR count). The molecule has 1 fully saturated rings. The Balaban J connectivity index is 1.52. The van der Waals surface area contributed by atoms with Crippen molar-refractivity contribution in [3.05, 3.63) is 75.9 Å². The summed E-state index contributed by atoms with van der Waals surface area (Å²) in [5.74, 6) is -1.15. The predicted molar refractivity (Wildman–Crippen MR) is 145 cm³/mol. The minimum atomic E-state index is -4.81. The Morgan fingerprint density at radius 3 is 2.64 bits per heavy atom. The number of carboxylic acid groups (broad SMARTS) is 1. The SMILES string of the molecule is C[C@@H](Oc1cc(-n2cnc3ccc(C(F)(F)S(=O)(=O)C4CCNCC4)cc32)sc1C(=O)O)c1ccccc1Cl. The molecule has 0 radical (unpaired) electrons. The van der Waals surface area contributed by atoms with Crippen LogP contribution in [0.15, 0.2) is 54.9 Å². The maximum absolute atomic E-state index is 15.5. The number of ether oxygens (including phenoxy) is 1. The molecule has 3 heterocycles. The molecule has 8 nitrogen and oxygen atoms in total. The van der Waals surface area contributed by atoms with Gasteiger partial charge in [0.15, 0.2) is 4.88 Å². The molecule has 0 aliphatic carbocycles. The highest BCUT2D eigenvalue weighted by Gasteiger charge is 2.51. The number of rotatable bonds is 8. The number of imidazole rings is 1. The minimum absolute atomic E-state index is 0.0757. The maximum atomic E-state index is 15.5. The fourth-order valence-corrected chi connectivity index (χ4v) is 7.55. The minimum Gasteiger partial charge on any atom is -0.484 e. The number of nitrogens with zero attached hydrogens (tertiary/aromatic N) is 2. The average Bonchev–Trinajstić information content (AvgIpc) is 3.53. The third kappa shape index (κ3) is 5.02. The summed E-state index contributed by atoms with van der Waals surface area (Å²) in [5.41, 5.74) is 0.537. The largest absolute Gasteiger partial charge is 0.484 e. The molecule has 1 atom stereocenters. The highest BCUT2D eigenvalue weighted by Crippen LogP contribution is 2.41. The Bertz CT molecular complexity index is 1650. The van der Waals surface area contributed by atoms with Crippen LogP contribution >= 0.6 is 22.9 Å². The number of aromatic nitrogens is 2. The molecule has 0 unspecified atom stereocenters. The first kappa shape index (κ1) is 27.5.